The number of carbonyl (C=O) groups is 1. The van der Waals surface area contributed by atoms with Gasteiger partial charge in [-0.3, -0.25) is 10.0 Å². The summed E-state index contributed by atoms with van der Waals surface area (Å²) in [5, 5.41) is 8.49. The molecule has 1 aromatic rings. The number of aryl methyl sites for hydroxylation is 2. The Hall–Kier alpha value is -1.35. The van der Waals surface area contributed by atoms with E-state index in [1.165, 1.54) is 24.0 Å². The lowest BCUT2D eigenvalue weighted by molar-refractivity contribution is 0.0706. The summed E-state index contributed by atoms with van der Waals surface area (Å²) in [4.78, 5) is 11.1. The Morgan fingerprint density at radius 1 is 1.21 bits per heavy atom. The van der Waals surface area contributed by atoms with Crippen LogP contribution in [0.2, 0.25) is 0 Å². The Morgan fingerprint density at radius 3 is 2.64 bits per heavy atom. The van der Waals surface area contributed by atoms with Crippen molar-refractivity contribution < 1.29 is 10.0 Å². The monoisotopic (exact) mass is 191 g/mol. The summed E-state index contributed by atoms with van der Waals surface area (Å²) >= 11 is 0. The van der Waals surface area contributed by atoms with E-state index in [4.69, 9.17) is 5.21 Å². The molecule has 1 aliphatic carbocycles. The van der Waals surface area contributed by atoms with Crippen LogP contribution in [0.1, 0.15) is 34.3 Å². The molecule has 2 N–H and O–H groups in total. The molecule has 0 saturated carbocycles. The molecule has 1 aromatic carbocycles. The number of hydrogen-bond donors (Lipinski definition) is 2. The van der Waals surface area contributed by atoms with E-state index in [1.54, 1.807) is 11.5 Å². The van der Waals surface area contributed by atoms with Gasteiger partial charge in [0.05, 0.1) is 0 Å². The summed E-state index contributed by atoms with van der Waals surface area (Å²) in [5.41, 5.74) is 4.77. The molecule has 0 atom stereocenters. The molecule has 14 heavy (non-hydrogen) atoms. The lowest BCUT2D eigenvalue weighted by Gasteiger charge is -2.15. The minimum Gasteiger partial charge on any atom is -0.288 e. The van der Waals surface area contributed by atoms with E-state index in [9.17, 15) is 4.79 Å². The van der Waals surface area contributed by atoms with Crippen LogP contribution in [-0.2, 0) is 12.8 Å². The van der Waals surface area contributed by atoms with Gasteiger partial charge in [-0.15, -0.1) is 0 Å². The van der Waals surface area contributed by atoms with Crippen LogP contribution in [0.25, 0.3) is 0 Å². The average Bonchev–Trinajstić information content (AvgIpc) is 2.27. The van der Waals surface area contributed by atoms with Gasteiger partial charge in [0, 0.05) is 5.56 Å². The Balaban J connectivity index is 2.33. The van der Waals surface area contributed by atoms with Crippen molar-refractivity contribution in [2.24, 2.45) is 0 Å². The number of rotatable bonds is 1. The molecular formula is C11H13NO2. The van der Waals surface area contributed by atoms with Crippen LogP contribution in [0.4, 0.5) is 0 Å². The van der Waals surface area contributed by atoms with E-state index in [0.717, 1.165) is 12.8 Å². The highest BCUT2D eigenvalue weighted by Gasteiger charge is 2.11. The minimum absolute atomic E-state index is 0.432. The first-order chi connectivity index (χ1) is 6.81. The molecule has 0 bridgehead atoms. The van der Waals surface area contributed by atoms with E-state index in [0.29, 0.717) is 5.56 Å². The van der Waals surface area contributed by atoms with Crippen molar-refractivity contribution in [2.45, 2.75) is 25.7 Å². The Bertz CT molecular complexity index is 360. The highest BCUT2D eigenvalue weighted by Crippen LogP contribution is 2.22. The zero-order valence-corrected chi connectivity index (χ0v) is 7.92. The molecule has 0 spiro atoms. The normalized spacial score (nSPS) is 14.6. The van der Waals surface area contributed by atoms with Crippen LogP contribution in [-0.4, -0.2) is 11.1 Å². The molecule has 1 aliphatic rings. The van der Waals surface area contributed by atoms with Crippen molar-refractivity contribution in [3.05, 3.63) is 34.9 Å². The van der Waals surface area contributed by atoms with Gasteiger partial charge in [-0.2, -0.15) is 0 Å². The maximum atomic E-state index is 11.1. The Labute approximate surface area is 82.7 Å². The van der Waals surface area contributed by atoms with Crippen molar-refractivity contribution in [2.75, 3.05) is 0 Å². The largest absolute Gasteiger partial charge is 0.288 e. The molecule has 0 radical (unpaired) electrons. The van der Waals surface area contributed by atoms with E-state index in [2.05, 4.69) is 0 Å². The fraction of sp³-hybridized carbons (Fsp3) is 0.364. The molecule has 0 aromatic heterocycles. The molecule has 3 nitrogen and oxygen atoms in total. The second-order valence-corrected chi connectivity index (χ2v) is 3.63. The van der Waals surface area contributed by atoms with Crippen LogP contribution >= 0.6 is 0 Å². The van der Waals surface area contributed by atoms with Crippen molar-refractivity contribution >= 4 is 5.91 Å². The van der Waals surface area contributed by atoms with Crippen molar-refractivity contribution in [1.82, 2.24) is 5.48 Å². The van der Waals surface area contributed by atoms with E-state index in [1.807, 2.05) is 12.1 Å². The SMILES string of the molecule is O=C(NO)c1ccc2c(c1)CCCC2. The summed E-state index contributed by atoms with van der Waals surface area (Å²) in [6.07, 6.45) is 4.58. The first-order valence-electron chi connectivity index (χ1n) is 4.87. The average molecular weight is 191 g/mol. The van der Waals surface area contributed by atoms with Gasteiger partial charge in [-0.1, -0.05) is 6.07 Å². The predicted molar refractivity (Wildman–Crippen MR) is 52.3 cm³/mol. The minimum atomic E-state index is -0.432. The van der Waals surface area contributed by atoms with Gasteiger partial charge < -0.3 is 0 Å². The summed E-state index contributed by atoms with van der Waals surface area (Å²) in [7, 11) is 0. The number of nitrogens with one attached hydrogen (secondary N) is 1. The van der Waals surface area contributed by atoms with Crippen molar-refractivity contribution in [3.63, 3.8) is 0 Å². The van der Waals surface area contributed by atoms with Crippen LogP contribution in [0.5, 0.6) is 0 Å². The molecular weight excluding hydrogens is 178 g/mol. The molecule has 0 saturated heterocycles. The summed E-state index contributed by atoms with van der Waals surface area (Å²) in [5.74, 6) is -0.432. The smallest absolute Gasteiger partial charge is 0.274 e. The summed E-state index contributed by atoms with van der Waals surface area (Å²) < 4.78 is 0. The number of fused-ring (bicyclic) bond motifs is 1. The second kappa shape index (κ2) is 3.80. The third-order valence-corrected chi connectivity index (χ3v) is 2.71. The fourth-order valence-electron chi connectivity index (χ4n) is 1.94. The van der Waals surface area contributed by atoms with E-state index in [-0.39, 0.29) is 0 Å². The van der Waals surface area contributed by atoms with Gasteiger partial charge in [0.2, 0.25) is 0 Å². The third kappa shape index (κ3) is 1.63. The topological polar surface area (TPSA) is 49.3 Å². The molecule has 74 valence electrons. The van der Waals surface area contributed by atoms with Crippen LogP contribution in [0.3, 0.4) is 0 Å². The highest BCUT2D eigenvalue weighted by molar-refractivity contribution is 5.93. The molecule has 1 amide bonds. The van der Waals surface area contributed by atoms with Gasteiger partial charge in [-0.25, -0.2) is 5.48 Å². The van der Waals surface area contributed by atoms with Crippen molar-refractivity contribution in [3.8, 4) is 0 Å². The number of amides is 1. The lowest BCUT2D eigenvalue weighted by atomic mass is 9.90. The maximum Gasteiger partial charge on any atom is 0.274 e. The number of benzene rings is 1. The van der Waals surface area contributed by atoms with Gasteiger partial charge in [0.25, 0.3) is 5.91 Å². The first-order valence-corrected chi connectivity index (χ1v) is 4.87. The van der Waals surface area contributed by atoms with Crippen LogP contribution < -0.4 is 5.48 Å². The molecule has 0 unspecified atom stereocenters. The van der Waals surface area contributed by atoms with E-state index >= 15 is 0 Å². The first kappa shape index (κ1) is 9.21. The number of hydrogen-bond acceptors (Lipinski definition) is 2. The summed E-state index contributed by atoms with van der Waals surface area (Å²) in [6, 6.07) is 5.62. The predicted octanol–water partition coefficient (Wildman–Crippen LogP) is 1.68. The van der Waals surface area contributed by atoms with Crippen LogP contribution in [0.15, 0.2) is 18.2 Å². The Morgan fingerprint density at radius 2 is 1.93 bits per heavy atom. The highest BCUT2D eigenvalue weighted by atomic mass is 16.5. The van der Waals surface area contributed by atoms with Gasteiger partial charge in [-0.05, 0) is 48.9 Å². The lowest BCUT2D eigenvalue weighted by Crippen LogP contribution is -2.19. The molecule has 3 heteroatoms. The quantitative estimate of drug-likeness (QED) is 0.524. The molecule has 0 fully saturated rings. The molecule has 2 rings (SSSR count). The fourth-order valence-corrected chi connectivity index (χ4v) is 1.94. The van der Waals surface area contributed by atoms with Gasteiger partial charge >= 0.3 is 0 Å². The van der Waals surface area contributed by atoms with Gasteiger partial charge in [0.15, 0.2) is 0 Å². The summed E-state index contributed by atoms with van der Waals surface area (Å²) in [6.45, 7) is 0. The van der Waals surface area contributed by atoms with E-state index < -0.39 is 5.91 Å². The van der Waals surface area contributed by atoms with Crippen LogP contribution in [0, 0.1) is 0 Å². The Kier molecular flexibility index (Phi) is 2.50. The standard InChI is InChI=1S/C11H13NO2/c13-11(12-14)10-6-5-8-3-1-2-4-9(8)7-10/h5-7,14H,1-4H2,(H,12,13). The van der Waals surface area contributed by atoms with Crippen molar-refractivity contribution in [1.29, 1.82) is 0 Å². The zero-order valence-electron chi connectivity index (χ0n) is 7.92. The molecule has 0 heterocycles. The maximum absolute atomic E-state index is 11.1. The third-order valence-electron chi connectivity index (χ3n) is 2.71. The number of hydroxylamine groups is 1. The van der Waals surface area contributed by atoms with Gasteiger partial charge in [0.1, 0.15) is 0 Å². The second-order valence-electron chi connectivity index (χ2n) is 3.63. The molecule has 0 aliphatic heterocycles. The zero-order chi connectivity index (χ0) is 9.97. The number of carbonyl (C=O) groups excluding carboxylic acids is 1.